The van der Waals surface area contributed by atoms with Crippen LogP contribution >= 0.6 is 15.9 Å². The minimum absolute atomic E-state index is 0.112. The molecule has 0 heterocycles. The van der Waals surface area contributed by atoms with Crippen molar-refractivity contribution in [3.05, 3.63) is 36.5 Å². The fraction of sp³-hybridized carbons (Fsp3) is 0.364. The van der Waals surface area contributed by atoms with Gasteiger partial charge in [-0.05, 0) is 28.9 Å². The molecule has 15 heavy (non-hydrogen) atoms. The van der Waals surface area contributed by atoms with Crippen molar-refractivity contribution in [3.63, 3.8) is 0 Å². The molecule has 0 aromatic heterocycles. The van der Waals surface area contributed by atoms with E-state index in [1.54, 1.807) is 6.08 Å². The van der Waals surface area contributed by atoms with Gasteiger partial charge in [0.25, 0.3) is 0 Å². The molecule has 1 N–H and O–H groups in total. The number of ether oxygens (including phenoxy) is 1. The summed E-state index contributed by atoms with van der Waals surface area (Å²) < 4.78 is 4.93. The van der Waals surface area contributed by atoms with Crippen LogP contribution in [-0.4, -0.2) is 22.2 Å². The quantitative estimate of drug-likeness (QED) is 0.632. The van der Waals surface area contributed by atoms with Crippen LogP contribution in [0.5, 0.6) is 0 Å². The number of carboxylic acid groups (broad SMARTS) is 1. The number of rotatable bonds is 4. The molecule has 0 radical (unpaired) electrons. The molecular weight excluding hydrogens is 260 g/mol. The van der Waals surface area contributed by atoms with Crippen molar-refractivity contribution in [2.24, 2.45) is 5.92 Å². The second kappa shape index (κ2) is 5.28. The van der Waals surface area contributed by atoms with E-state index in [2.05, 4.69) is 15.9 Å². The van der Waals surface area contributed by atoms with Gasteiger partial charge in [0.2, 0.25) is 0 Å². The van der Waals surface area contributed by atoms with E-state index in [0.29, 0.717) is 6.61 Å². The number of aliphatic carboxylic acids is 1. The lowest BCUT2D eigenvalue weighted by Gasteiger charge is -2.30. The number of halogens is 1. The lowest BCUT2D eigenvalue weighted by Crippen LogP contribution is -2.31. The molecular formula is C11H13BrO3. The van der Waals surface area contributed by atoms with Crippen molar-refractivity contribution in [3.8, 4) is 0 Å². The number of carbonyl (C=O) groups is 1. The molecule has 1 rings (SSSR count). The Morgan fingerprint density at radius 1 is 1.67 bits per heavy atom. The average molecular weight is 273 g/mol. The number of hydrogen-bond acceptors (Lipinski definition) is 2. The molecule has 0 aromatic rings. The van der Waals surface area contributed by atoms with E-state index in [1.165, 1.54) is 0 Å². The van der Waals surface area contributed by atoms with E-state index in [1.807, 2.05) is 31.2 Å². The summed E-state index contributed by atoms with van der Waals surface area (Å²) in [4.78, 5) is 10.4. The van der Waals surface area contributed by atoms with E-state index in [9.17, 15) is 4.79 Å². The first-order valence-corrected chi connectivity index (χ1v) is 5.48. The van der Waals surface area contributed by atoms with Gasteiger partial charge >= 0.3 is 5.97 Å². The summed E-state index contributed by atoms with van der Waals surface area (Å²) in [6.45, 7) is 2.45. The second-order valence-corrected chi connectivity index (χ2v) is 4.34. The van der Waals surface area contributed by atoms with E-state index >= 15 is 0 Å². The topological polar surface area (TPSA) is 46.5 Å². The molecule has 2 unspecified atom stereocenters. The monoisotopic (exact) mass is 272 g/mol. The van der Waals surface area contributed by atoms with Gasteiger partial charge in [-0.2, -0.15) is 0 Å². The summed E-state index contributed by atoms with van der Waals surface area (Å²) >= 11 is 3.47. The fourth-order valence-corrected chi connectivity index (χ4v) is 2.05. The molecule has 0 saturated heterocycles. The Labute approximate surface area is 97.3 Å². The Bertz CT molecular complexity index is 320. The zero-order valence-electron chi connectivity index (χ0n) is 8.39. The fourth-order valence-electron chi connectivity index (χ4n) is 1.36. The molecule has 4 heteroatoms. The van der Waals surface area contributed by atoms with Crippen LogP contribution in [0.15, 0.2) is 36.5 Å². The van der Waals surface area contributed by atoms with Crippen molar-refractivity contribution in [1.29, 1.82) is 0 Å². The Morgan fingerprint density at radius 3 is 3.00 bits per heavy atom. The molecule has 0 bridgehead atoms. The predicted octanol–water partition coefficient (Wildman–Crippen LogP) is 2.50. The van der Waals surface area contributed by atoms with Crippen LogP contribution in [0.3, 0.4) is 0 Å². The molecule has 3 nitrogen and oxygen atoms in total. The number of carboxylic acids is 1. The van der Waals surface area contributed by atoms with Crippen molar-refractivity contribution >= 4 is 21.9 Å². The van der Waals surface area contributed by atoms with Crippen molar-refractivity contribution < 1.29 is 14.6 Å². The summed E-state index contributed by atoms with van der Waals surface area (Å²) in [6, 6.07) is 0. The first kappa shape index (κ1) is 12.2. The summed E-state index contributed by atoms with van der Waals surface area (Å²) in [5.41, 5.74) is 0. The first-order chi connectivity index (χ1) is 7.08. The van der Waals surface area contributed by atoms with E-state index in [-0.39, 0.29) is 5.92 Å². The van der Waals surface area contributed by atoms with Gasteiger partial charge in [-0.15, -0.1) is 0 Å². The lowest BCUT2D eigenvalue weighted by atomic mass is 9.97. The summed E-state index contributed by atoms with van der Waals surface area (Å²) in [6.07, 6.45) is 10.2. The number of allylic oxidation sites excluding steroid dienone is 2. The van der Waals surface area contributed by atoms with Crippen LogP contribution in [0.2, 0.25) is 0 Å². The second-order valence-electron chi connectivity index (χ2n) is 3.10. The Balaban J connectivity index is 2.80. The number of hydrogen-bond donors (Lipinski definition) is 1. The Hall–Kier alpha value is -0.870. The minimum Gasteiger partial charge on any atom is -0.478 e. The van der Waals surface area contributed by atoms with Crippen molar-refractivity contribution in [1.82, 2.24) is 0 Å². The van der Waals surface area contributed by atoms with Crippen LogP contribution in [0, 0.1) is 5.92 Å². The molecule has 1 aliphatic rings. The maximum absolute atomic E-state index is 10.4. The van der Waals surface area contributed by atoms with E-state index in [4.69, 9.17) is 9.84 Å². The van der Waals surface area contributed by atoms with E-state index < -0.39 is 10.5 Å². The molecule has 0 fully saturated rings. The van der Waals surface area contributed by atoms with Gasteiger partial charge in [0.15, 0.2) is 4.51 Å². The third-order valence-electron chi connectivity index (χ3n) is 2.02. The normalized spacial score (nSPS) is 29.9. The number of alkyl halides is 1. The lowest BCUT2D eigenvalue weighted by molar-refractivity contribution is -0.131. The molecule has 1 aliphatic carbocycles. The van der Waals surface area contributed by atoms with Crippen LogP contribution < -0.4 is 0 Å². The van der Waals surface area contributed by atoms with Crippen molar-refractivity contribution in [2.45, 2.75) is 11.4 Å². The Morgan fingerprint density at radius 2 is 2.40 bits per heavy atom. The molecule has 82 valence electrons. The summed E-state index contributed by atoms with van der Waals surface area (Å²) in [7, 11) is 0. The molecule has 0 spiro atoms. The molecule has 0 aromatic carbocycles. The highest BCUT2D eigenvalue weighted by Gasteiger charge is 2.32. The van der Waals surface area contributed by atoms with E-state index in [0.717, 1.165) is 6.08 Å². The SMILES string of the molecule is CCOC1(Br)C=CC=CC1/C=C/C(=O)O. The van der Waals surface area contributed by atoms with Crippen molar-refractivity contribution in [2.75, 3.05) is 6.61 Å². The molecule has 0 aliphatic heterocycles. The minimum atomic E-state index is -0.954. The van der Waals surface area contributed by atoms with Gasteiger partial charge in [-0.3, -0.25) is 0 Å². The third-order valence-corrected chi connectivity index (χ3v) is 3.04. The summed E-state index contributed by atoms with van der Waals surface area (Å²) in [5.74, 6) is -1.07. The van der Waals surface area contributed by atoms with Crippen LogP contribution in [0.4, 0.5) is 0 Å². The predicted molar refractivity (Wildman–Crippen MR) is 61.8 cm³/mol. The van der Waals surface area contributed by atoms with Gasteiger partial charge in [-0.25, -0.2) is 4.79 Å². The molecule has 0 saturated carbocycles. The highest BCUT2D eigenvalue weighted by molar-refractivity contribution is 9.10. The maximum Gasteiger partial charge on any atom is 0.328 e. The van der Waals surface area contributed by atoms with Crippen LogP contribution in [0.25, 0.3) is 0 Å². The molecule has 2 atom stereocenters. The zero-order valence-corrected chi connectivity index (χ0v) is 9.98. The van der Waals surface area contributed by atoms with Gasteiger partial charge in [0.1, 0.15) is 0 Å². The average Bonchev–Trinajstić information content (AvgIpc) is 2.16. The van der Waals surface area contributed by atoms with Gasteiger partial charge < -0.3 is 9.84 Å². The standard InChI is InChI=1S/C11H13BrO3/c1-2-15-11(12)8-4-3-5-9(11)6-7-10(13)14/h3-9H,2H2,1H3,(H,13,14)/b7-6+. The maximum atomic E-state index is 10.4. The van der Waals surface area contributed by atoms with Crippen LogP contribution in [0.1, 0.15) is 6.92 Å². The van der Waals surface area contributed by atoms with Gasteiger partial charge in [-0.1, -0.05) is 24.3 Å². The Kier molecular flexibility index (Phi) is 4.29. The van der Waals surface area contributed by atoms with Gasteiger partial charge in [0.05, 0.1) is 0 Å². The third kappa shape index (κ3) is 3.32. The largest absolute Gasteiger partial charge is 0.478 e. The van der Waals surface area contributed by atoms with Gasteiger partial charge in [0, 0.05) is 18.6 Å². The van der Waals surface area contributed by atoms with Crippen LogP contribution in [-0.2, 0) is 9.53 Å². The highest BCUT2D eigenvalue weighted by Crippen LogP contribution is 2.35. The summed E-state index contributed by atoms with van der Waals surface area (Å²) in [5, 5.41) is 8.56. The smallest absolute Gasteiger partial charge is 0.328 e. The zero-order chi connectivity index (χ0) is 11.3. The molecule has 0 amide bonds. The highest BCUT2D eigenvalue weighted by atomic mass is 79.9. The first-order valence-electron chi connectivity index (χ1n) is 4.68.